The number of halogens is 2. The van der Waals surface area contributed by atoms with Gasteiger partial charge in [0.25, 0.3) is 0 Å². The van der Waals surface area contributed by atoms with E-state index in [-0.39, 0.29) is 11.6 Å². The Labute approximate surface area is 138 Å². The molecule has 1 aliphatic heterocycles. The number of piperidine rings is 1. The van der Waals surface area contributed by atoms with E-state index in [1.807, 2.05) is 0 Å². The van der Waals surface area contributed by atoms with Crippen molar-refractivity contribution < 1.29 is 18.7 Å². The van der Waals surface area contributed by atoms with Crippen molar-refractivity contribution in [2.24, 2.45) is 0 Å². The number of rotatable bonds is 4. The maximum atomic E-state index is 13.4. The van der Waals surface area contributed by atoms with Crippen LogP contribution in [0.1, 0.15) is 40.5 Å². The van der Waals surface area contributed by atoms with Gasteiger partial charge in [0.15, 0.2) is 17.3 Å². The van der Waals surface area contributed by atoms with Crippen molar-refractivity contribution in [2.45, 2.75) is 25.3 Å². The Hall–Kier alpha value is -2.41. The zero-order chi connectivity index (χ0) is 17.1. The lowest BCUT2D eigenvalue weighted by Crippen LogP contribution is -2.34. The van der Waals surface area contributed by atoms with Crippen LogP contribution in [0.15, 0.2) is 30.6 Å². The Balaban J connectivity index is 1.66. The molecule has 0 radical (unpaired) electrons. The first kappa shape index (κ1) is 16.4. The van der Waals surface area contributed by atoms with E-state index in [0.29, 0.717) is 18.8 Å². The molecular formula is C17H17F2N3O2. The van der Waals surface area contributed by atoms with Crippen LogP contribution < -0.4 is 0 Å². The third-order valence-electron chi connectivity index (χ3n) is 4.23. The van der Waals surface area contributed by atoms with E-state index in [0.717, 1.165) is 24.9 Å². The molecule has 0 aliphatic carbocycles. The van der Waals surface area contributed by atoms with Crippen molar-refractivity contribution in [1.82, 2.24) is 14.9 Å². The van der Waals surface area contributed by atoms with Crippen LogP contribution in [0.25, 0.3) is 0 Å². The third-order valence-corrected chi connectivity index (χ3v) is 4.23. The number of carboxylic acids is 1. The smallest absolute Gasteiger partial charge is 0.356 e. The van der Waals surface area contributed by atoms with Gasteiger partial charge in [-0.25, -0.2) is 18.6 Å². The second-order valence-electron chi connectivity index (χ2n) is 5.95. The summed E-state index contributed by atoms with van der Waals surface area (Å²) >= 11 is 0. The molecule has 0 spiro atoms. The van der Waals surface area contributed by atoms with Crippen molar-refractivity contribution in [3.63, 3.8) is 0 Å². The lowest BCUT2D eigenvalue weighted by molar-refractivity contribution is 0.0690. The SMILES string of the molecule is O=C(O)c1cnc(CN2CCCC(c3ccc(F)c(F)c3)C2)cn1. The molecule has 5 nitrogen and oxygen atoms in total. The molecule has 1 aliphatic rings. The summed E-state index contributed by atoms with van der Waals surface area (Å²) in [5.74, 6) is -2.62. The number of aromatic carboxylic acids is 1. The highest BCUT2D eigenvalue weighted by Gasteiger charge is 2.22. The minimum absolute atomic E-state index is 0.0861. The lowest BCUT2D eigenvalue weighted by Gasteiger charge is -2.32. The standard InChI is InChI=1S/C17H17F2N3O2/c18-14-4-3-11(6-15(14)19)12-2-1-5-22(9-12)10-13-7-21-16(8-20-13)17(23)24/h3-4,6-8,12H,1-2,5,9-10H2,(H,23,24). The van der Waals surface area contributed by atoms with E-state index < -0.39 is 17.6 Å². The first-order valence-electron chi connectivity index (χ1n) is 7.74. The third kappa shape index (κ3) is 3.73. The summed E-state index contributed by atoms with van der Waals surface area (Å²) in [5, 5.41) is 8.83. The van der Waals surface area contributed by atoms with Crippen LogP contribution in [-0.4, -0.2) is 39.0 Å². The molecule has 24 heavy (non-hydrogen) atoms. The summed E-state index contributed by atoms with van der Waals surface area (Å²) in [5.41, 5.74) is 1.40. The van der Waals surface area contributed by atoms with Gasteiger partial charge in [-0.2, -0.15) is 0 Å². The fourth-order valence-corrected chi connectivity index (χ4v) is 3.01. The number of carbonyl (C=O) groups is 1. The lowest BCUT2D eigenvalue weighted by atomic mass is 9.90. The number of carboxylic acid groups (broad SMARTS) is 1. The second kappa shape index (κ2) is 7.00. The van der Waals surface area contributed by atoms with Gasteiger partial charge in [0.05, 0.1) is 18.1 Å². The van der Waals surface area contributed by atoms with E-state index in [1.165, 1.54) is 24.5 Å². The second-order valence-corrected chi connectivity index (χ2v) is 5.95. The van der Waals surface area contributed by atoms with Crippen LogP contribution in [0.2, 0.25) is 0 Å². The Morgan fingerprint density at radius 1 is 1.25 bits per heavy atom. The number of hydrogen-bond acceptors (Lipinski definition) is 4. The maximum Gasteiger partial charge on any atom is 0.356 e. The highest BCUT2D eigenvalue weighted by Crippen LogP contribution is 2.28. The normalized spacial score (nSPS) is 18.5. The van der Waals surface area contributed by atoms with Gasteiger partial charge in [-0.1, -0.05) is 6.07 Å². The minimum atomic E-state index is -1.11. The van der Waals surface area contributed by atoms with E-state index in [2.05, 4.69) is 14.9 Å². The van der Waals surface area contributed by atoms with Crippen LogP contribution in [0.3, 0.4) is 0 Å². The van der Waals surface area contributed by atoms with E-state index in [9.17, 15) is 13.6 Å². The highest BCUT2D eigenvalue weighted by molar-refractivity contribution is 5.84. The zero-order valence-electron chi connectivity index (χ0n) is 13.0. The average Bonchev–Trinajstić information content (AvgIpc) is 2.58. The van der Waals surface area contributed by atoms with E-state index in [1.54, 1.807) is 6.07 Å². The molecule has 1 atom stereocenters. The van der Waals surface area contributed by atoms with Gasteiger partial charge >= 0.3 is 5.97 Å². The molecule has 1 fully saturated rings. The quantitative estimate of drug-likeness (QED) is 0.932. The minimum Gasteiger partial charge on any atom is -0.476 e. The van der Waals surface area contributed by atoms with Crippen LogP contribution in [-0.2, 0) is 6.54 Å². The van der Waals surface area contributed by atoms with Crippen LogP contribution in [0, 0.1) is 11.6 Å². The van der Waals surface area contributed by atoms with Gasteiger partial charge in [0, 0.05) is 13.1 Å². The summed E-state index contributed by atoms with van der Waals surface area (Å²) in [4.78, 5) is 20.9. The van der Waals surface area contributed by atoms with Crippen molar-refractivity contribution >= 4 is 5.97 Å². The van der Waals surface area contributed by atoms with Crippen LogP contribution >= 0.6 is 0 Å². The summed E-state index contributed by atoms with van der Waals surface area (Å²) in [6.07, 6.45) is 4.58. The Morgan fingerprint density at radius 2 is 2.08 bits per heavy atom. The first-order chi connectivity index (χ1) is 11.5. The summed E-state index contributed by atoms with van der Waals surface area (Å²) in [6, 6.07) is 4.07. The molecule has 1 unspecified atom stereocenters. The largest absolute Gasteiger partial charge is 0.476 e. The number of benzene rings is 1. The first-order valence-corrected chi connectivity index (χ1v) is 7.74. The molecule has 1 saturated heterocycles. The molecule has 1 aromatic carbocycles. The van der Waals surface area contributed by atoms with Crippen molar-refractivity contribution in [1.29, 1.82) is 0 Å². The van der Waals surface area contributed by atoms with Gasteiger partial charge in [-0.05, 0) is 43.0 Å². The Bertz CT molecular complexity index is 737. The average molecular weight is 333 g/mol. The molecule has 126 valence electrons. The monoisotopic (exact) mass is 333 g/mol. The van der Waals surface area contributed by atoms with E-state index >= 15 is 0 Å². The number of likely N-dealkylation sites (tertiary alicyclic amines) is 1. The van der Waals surface area contributed by atoms with Gasteiger partial charge in [-0.15, -0.1) is 0 Å². The van der Waals surface area contributed by atoms with Gasteiger partial charge in [-0.3, -0.25) is 9.88 Å². The molecule has 2 heterocycles. The van der Waals surface area contributed by atoms with Crippen LogP contribution in [0.4, 0.5) is 8.78 Å². The van der Waals surface area contributed by atoms with Gasteiger partial charge in [0.2, 0.25) is 0 Å². The molecule has 0 amide bonds. The van der Waals surface area contributed by atoms with Gasteiger partial charge in [0.1, 0.15) is 0 Å². The van der Waals surface area contributed by atoms with Crippen molar-refractivity contribution in [3.8, 4) is 0 Å². The fourth-order valence-electron chi connectivity index (χ4n) is 3.01. The molecule has 1 N–H and O–H groups in total. The van der Waals surface area contributed by atoms with Gasteiger partial charge < -0.3 is 5.11 Å². The topological polar surface area (TPSA) is 66.3 Å². The predicted molar refractivity (Wildman–Crippen MR) is 82.6 cm³/mol. The molecule has 7 heteroatoms. The molecule has 0 bridgehead atoms. The zero-order valence-corrected chi connectivity index (χ0v) is 13.0. The maximum absolute atomic E-state index is 13.4. The Kier molecular flexibility index (Phi) is 4.80. The van der Waals surface area contributed by atoms with Crippen molar-refractivity contribution in [3.05, 3.63) is 59.2 Å². The number of nitrogens with zero attached hydrogens (tertiary/aromatic N) is 3. The molecule has 0 saturated carbocycles. The highest BCUT2D eigenvalue weighted by atomic mass is 19.2. The summed E-state index contributed by atoms with van der Waals surface area (Å²) < 4.78 is 26.5. The number of aromatic nitrogens is 2. The predicted octanol–water partition coefficient (Wildman–Crippen LogP) is 2.83. The summed E-state index contributed by atoms with van der Waals surface area (Å²) in [7, 11) is 0. The number of hydrogen-bond donors (Lipinski definition) is 1. The molecule has 3 rings (SSSR count). The Morgan fingerprint density at radius 3 is 2.75 bits per heavy atom. The summed E-state index contributed by atoms with van der Waals surface area (Å²) in [6.45, 7) is 2.14. The molecular weight excluding hydrogens is 316 g/mol. The fraction of sp³-hybridized carbons (Fsp3) is 0.353. The van der Waals surface area contributed by atoms with Crippen molar-refractivity contribution in [2.75, 3.05) is 13.1 Å². The van der Waals surface area contributed by atoms with E-state index in [4.69, 9.17) is 5.11 Å². The van der Waals surface area contributed by atoms with Crippen LogP contribution in [0.5, 0.6) is 0 Å². The molecule has 2 aromatic rings. The molecule has 1 aromatic heterocycles.